The lowest BCUT2D eigenvalue weighted by Crippen LogP contribution is -2.33. The number of aryl methyl sites for hydroxylation is 1. The Labute approximate surface area is 133 Å². The van der Waals surface area contributed by atoms with Crippen LogP contribution in [0, 0.1) is 6.92 Å². The fourth-order valence-electron chi connectivity index (χ4n) is 2.39. The molecule has 0 atom stereocenters. The van der Waals surface area contributed by atoms with Gasteiger partial charge in [0.05, 0.1) is 0 Å². The Morgan fingerprint density at radius 3 is 2.77 bits per heavy atom. The maximum atomic E-state index is 12.6. The average molecular weight is 314 g/mol. The maximum absolute atomic E-state index is 12.6. The molecule has 6 heteroatoms. The first-order valence-corrected chi connectivity index (χ1v) is 8.12. The highest BCUT2D eigenvalue weighted by atomic mass is 32.1. The van der Waals surface area contributed by atoms with Crippen LogP contribution < -0.4 is 0 Å². The van der Waals surface area contributed by atoms with Crippen LogP contribution in [0.5, 0.6) is 0 Å². The molecule has 3 heterocycles. The summed E-state index contributed by atoms with van der Waals surface area (Å²) < 4.78 is 1.92. The first-order valence-electron chi connectivity index (χ1n) is 7.30. The summed E-state index contributed by atoms with van der Waals surface area (Å²) in [5.41, 5.74) is 1.70. The van der Waals surface area contributed by atoms with E-state index in [0.717, 1.165) is 11.4 Å². The summed E-state index contributed by atoms with van der Waals surface area (Å²) in [7, 11) is 0. The van der Waals surface area contributed by atoms with Crippen LogP contribution >= 0.6 is 11.3 Å². The fraction of sp³-hybridized carbons (Fsp3) is 0.312. The molecule has 0 saturated heterocycles. The molecule has 22 heavy (non-hydrogen) atoms. The lowest BCUT2D eigenvalue weighted by Gasteiger charge is -2.19. The molecule has 3 rings (SSSR count). The van der Waals surface area contributed by atoms with Crippen molar-refractivity contribution in [3.8, 4) is 0 Å². The van der Waals surface area contributed by atoms with Crippen LogP contribution in [0.3, 0.4) is 0 Å². The lowest BCUT2D eigenvalue weighted by atomic mass is 10.2. The molecule has 5 nitrogen and oxygen atoms in total. The lowest BCUT2D eigenvalue weighted by molar-refractivity contribution is 0.0761. The molecule has 0 N–H and O–H groups in total. The van der Waals surface area contributed by atoms with Gasteiger partial charge in [-0.3, -0.25) is 14.2 Å². The third-order valence-electron chi connectivity index (χ3n) is 3.58. The largest absolute Gasteiger partial charge is 0.337 e. The van der Waals surface area contributed by atoms with E-state index in [1.165, 1.54) is 10.4 Å². The van der Waals surface area contributed by atoms with Gasteiger partial charge < -0.3 is 4.90 Å². The molecule has 0 aliphatic heterocycles. The molecule has 0 saturated carbocycles. The number of carbonyl (C=O) groups excluding carboxylic acids is 1. The van der Waals surface area contributed by atoms with E-state index < -0.39 is 0 Å². The summed E-state index contributed by atoms with van der Waals surface area (Å²) in [4.78, 5) is 24.9. The van der Waals surface area contributed by atoms with Crippen LogP contribution in [0.4, 0.5) is 0 Å². The first kappa shape index (κ1) is 14.7. The molecule has 114 valence electrons. The number of likely N-dealkylation sites (N-methyl/N-ethyl adjacent to an activating group) is 1. The summed E-state index contributed by atoms with van der Waals surface area (Å²) in [5.74, 6) is -0.00916. The number of imidazole rings is 1. The highest BCUT2D eigenvalue weighted by molar-refractivity contribution is 7.17. The smallest absolute Gasteiger partial charge is 0.274 e. The number of aromatic nitrogens is 3. The highest BCUT2D eigenvalue weighted by Gasteiger charge is 2.18. The van der Waals surface area contributed by atoms with Crippen LogP contribution in [0.1, 0.15) is 27.9 Å². The normalized spacial score (nSPS) is 11.0. The summed E-state index contributed by atoms with van der Waals surface area (Å²) in [6.07, 6.45) is 8.19. The highest BCUT2D eigenvalue weighted by Crippen LogP contribution is 2.17. The van der Waals surface area contributed by atoms with Crippen molar-refractivity contribution in [3.63, 3.8) is 0 Å². The van der Waals surface area contributed by atoms with Crippen molar-refractivity contribution < 1.29 is 4.79 Å². The van der Waals surface area contributed by atoms with Gasteiger partial charge >= 0.3 is 0 Å². The number of pyridine rings is 1. The van der Waals surface area contributed by atoms with Crippen molar-refractivity contribution in [1.29, 1.82) is 0 Å². The van der Waals surface area contributed by atoms with E-state index in [-0.39, 0.29) is 5.91 Å². The minimum atomic E-state index is -0.00916. The fourth-order valence-corrected chi connectivity index (χ4v) is 3.20. The third kappa shape index (κ3) is 3.01. The molecular formula is C16H18N4OS. The Morgan fingerprint density at radius 1 is 1.32 bits per heavy atom. The molecule has 0 radical (unpaired) electrons. The van der Waals surface area contributed by atoms with Gasteiger partial charge in [0.2, 0.25) is 0 Å². The third-order valence-corrected chi connectivity index (χ3v) is 4.49. The van der Waals surface area contributed by atoms with Crippen molar-refractivity contribution in [2.75, 3.05) is 13.1 Å². The van der Waals surface area contributed by atoms with Gasteiger partial charge in [-0.05, 0) is 38.0 Å². The van der Waals surface area contributed by atoms with Crippen LogP contribution in [-0.4, -0.2) is 38.3 Å². The second-order valence-electron chi connectivity index (χ2n) is 5.15. The molecule has 0 unspecified atom stereocenters. The Balaban J connectivity index is 1.71. The standard InChI is InChI=1S/C16H18N4OS/c1-3-19(9-6-13-4-7-17-8-5-13)15(21)14-11-20-10-12(2)22-16(20)18-14/h4-5,7-8,10-11H,3,6,9H2,1-2H3. The minimum absolute atomic E-state index is 0.00916. The van der Waals surface area contributed by atoms with Crippen LogP contribution in [0.2, 0.25) is 0 Å². The van der Waals surface area contributed by atoms with Gasteiger partial charge in [-0.15, -0.1) is 11.3 Å². The average Bonchev–Trinajstić information content (AvgIpc) is 3.06. The van der Waals surface area contributed by atoms with Crippen LogP contribution in [0.15, 0.2) is 36.9 Å². The molecule has 3 aromatic rings. The van der Waals surface area contributed by atoms with Crippen molar-refractivity contribution in [2.45, 2.75) is 20.3 Å². The second-order valence-corrected chi connectivity index (χ2v) is 6.36. The van der Waals surface area contributed by atoms with E-state index in [1.54, 1.807) is 23.7 Å². The number of nitrogens with zero attached hydrogens (tertiary/aromatic N) is 4. The zero-order valence-corrected chi connectivity index (χ0v) is 13.5. The predicted molar refractivity (Wildman–Crippen MR) is 87.3 cm³/mol. The minimum Gasteiger partial charge on any atom is -0.337 e. The summed E-state index contributed by atoms with van der Waals surface area (Å²) in [6, 6.07) is 3.96. The van der Waals surface area contributed by atoms with Gasteiger partial charge in [0.1, 0.15) is 5.69 Å². The SMILES string of the molecule is CCN(CCc1ccncc1)C(=O)c1cn2cc(C)sc2n1. The first-order chi connectivity index (χ1) is 10.7. The molecule has 0 bridgehead atoms. The molecule has 0 aliphatic carbocycles. The second kappa shape index (κ2) is 6.27. The zero-order chi connectivity index (χ0) is 15.5. The Hall–Kier alpha value is -2.21. The number of rotatable bonds is 5. The zero-order valence-electron chi connectivity index (χ0n) is 12.7. The van der Waals surface area contributed by atoms with E-state index in [1.807, 2.05) is 47.7 Å². The Bertz CT molecular complexity index is 746. The van der Waals surface area contributed by atoms with Gasteiger partial charge in [-0.25, -0.2) is 4.98 Å². The Kier molecular flexibility index (Phi) is 4.20. The molecule has 0 aromatic carbocycles. The topological polar surface area (TPSA) is 50.5 Å². The maximum Gasteiger partial charge on any atom is 0.274 e. The van der Waals surface area contributed by atoms with Gasteiger partial charge in [0.15, 0.2) is 4.96 Å². The predicted octanol–water partition coefficient (Wildman–Crippen LogP) is 2.80. The molecule has 1 amide bonds. The van der Waals surface area contributed by atoms with Crippen molar-refractivity contribution in [2.24, 2.45) is 0 Å². The van der Waals surface area contributed by atoms with E-state index in [0.29, 0.717) is 18.8 Å². The van der Waals surface area contributed by atoms with Gasteiger partial charge in [-0.1, -0.05) is 0 Å². The summed E-state index contributed by atoms with van der Waals surface area (Å²) in [5, 5.41) is 0. The molecule has 0 spiro atoms. The van der Waals surface area contributed by atoms with E-state index >= 15 is 0 Å². The number of carbonyl (C=O) groups is 1. The number of fused-ring (bicyclic) bond motifs is 1. The van der Waals surface area contributed by atoms with Gasteiger partial charge in [0, 0.05) is 42.8 Å². The molecular weight excluding hydrogens is 296 g/mol. The van der Waals surface area contributed by atoms with Gasteiger partial charge in [-0.2, -0.15) is 0 Å². The van der Waals surface area contributed by atoms with Crippen molar-refractivity contribution in [3.05, 3.63) is 53.1 Å². The summed E-state index contributed by atoms with van der Waals surface area (Å²) >= 11 is 1.59. The molecule has 0 fully saturated rings. The van der Waals surface area contributed by atoms with Crippen molar-refractivity contribution >= 4 is 22.2 Å². The number of amides is 1. The summed E-state index contributed by atoms with van der Waals surface area (Å²) in [6.45, 7) is 5.39. The molecule has 0 aliphatic rings. The van der Waals surface area contributed by atoms with E-state index in [9.17, 15) is 4.79 Å². The number of thiazole rings is 1. The van der Waals surface area contributed by atoms with E-state index in [2.05, 4.69) is 9.97 Å². The number of hydrogen-bond donors (Lipinski definition) is 0. The van der Waals surface area contributed by atoms with Gasteiger partial charge in [0.25, 0.3) is 5.91 Å². The van der Waals surface area contributed by atoms with Crippen LogP contribution in [-0.2, 0) is 6.42 Å². The Morgan fingerprint density at radius 2 is 2.09 bits per heavy atom. The number of hydrogen-bond acceptors (Lipinski definition) is 4. The van der Waals surface area contributed by atoms with E-state index in [4.69, 9.17) is 0 Å². The monoisotopic (exact) mass is 314 g/mol. The van der Waals surface area contributed by atoms with Crippen LogP contribution in [0.25, 0.3) is 4.96 Å². The quantitative estimate of drug-likeness (QED) is 0.727. The molecule has 3 aromatic heterocycles. The van der Waals surface area contributed by atoms with Crippen molar-refractivity contribution in [1.82, 2.24) is 19.3 Å².